The second-order valence-corrected chi connectivity index (χ2v) is 4.38. The Labute approximate surface area is 114 Å². The molecule has 0 amide bonds. The molecular formula is C12H12ClN3O3. The molecule has 1 aliphatic heterocycles. The number of hydrogen-bond acceptors (Lipinski definition) is 5. The Kier molecular flexibility index (Phi) is 2.87. The van der Waals surface area contributed by atoms with Gasteiger partial charge in [-0.25, -0.2) is 0 Å². The van der Waals surface area contributed by atoms with Crippen molar-refractivity contribution < 1.29 is 14.2 Å². The third-order valence-electron chi connectivity index (χ3n) is 2.82. The van der Waals surface area contributed by atoms with Crippen LogP contribution in [0.4, 0.5) is 5.82 Å². The summed E-state index contributed by atoms with van der Waals surface area (Å²) < 4.78 is 16.4. The van der Waals surface area contributed by atoms with Gasteiger partial charge >= 0.3 is 0 Å². The van der Waals surface area contributed by atoms with Gasteiger partial charge in [0.05, 0.1) is 12.8 Å². The van der Waals surface area contributed by atoms with Gasteiger partial charge in [-0.2, -0.15) is 5.10 Å². The van der Waals surface area contributed by atoms with Crippen molar-refractivity contribution in [2.75, 3.05) is 26.1 Å². The highest BCUT2D eigenvalue weighted by Crippen LogP contribution is 2.48. The van der Waals surface area contributed by atoms with Crippen LogP contribution in [0, 0.1) is 0 Å². The lowest BCUT2D eigenvalue weighted by atomic mass is 10.1. The number of nitrogens with two attached hydrogens (primary N) is 1. The van der Waals surface area contributed by atoms with Crippen LogP contribution < -0.4 is 19.9 Å². The molecule has 1 aliphatic rings. The van der Waals surface area contributed by atoms with Crippen molar-refractivity contribution in [3.05, 3.63) is 17.2 Å². The summed E-state index contributed by atoms with van der Waals surface area (Å²) in [5.74, 6) is 1.97. The number of benzene rings is 1. The lowest BCUT2D eigenvalue weighted by Gasteiger charge is -2.22. The van der Waals surface area contributed by atoms with Crippen LogP contribution in [0.2, 0.25) is 5.02 Å². The second kappa shape index (κ2) is 4.55. The first kappa shape index (κ1) is 12.0. The van der Waals surface area contributed by atoms with E-state index < -0.39 is 0 Å². The number of aromatic amines is 1. The van der Waals surface area contributed by atoms with Crippen LogP contribution in [0.1, 0.15) is 0 Å². The smallest absolute Gasteiger partial charge is 0.183 e. The van der Waals surface area contributed by atoms with Crippen LogP contribution in [0.25, 0.3) is 11.3 Å². The van der Waals surface area contributed by atoms with E-state index in [0.29, 0.717) is 47.0 Å². The second-order valence-electron chi connectivity index (χ2n) is 4.00. The fraction of sp³-hybridized carbons (Fsp3) is 0.250. The van der Waals surface area contributed by atoms with Crippen LogP contribution in [-0.2, 0) is 0 Å². The van der Waals surface area contributed by atoms with Crippen molar-refractivity contribution in [1.82, 2.24) is 10.2 Å². The maximum atomic E-state index is 6.29. The van der Waals surface area contributed by atoms with Crippen LogP contribution in [0.15, 0.2) is 12.1 Å². The molecule has 0 saturated carbocycles. The van der Waals surface area contributed by atoms with Gasteiger partial charge in [0.25, 0.3) is 0 Å². The molecule has 0 saturated heterocycles. The molecule has 1 aromatic carbocycles. The molecule has 0 aliphatic carbocycles. The minimum absolute atomic E-state index is 0.378. The molecule has 2 heterocycles. The molecule has 0 atom stereocenters. The number of halogens is 1. The highest BCUT2D eigenvalue weighted by Gasteiger charge is 2.24. The first-order valence-electron chi connectivity index (χ1n) is 5.68. The largest absolute Gasteiger partial charge is 0.494 e. The number of anilines is 1. The van der Waals surface area contributed by atoms with E-state index in [4.69, 9.17) is 31.5 Å². The van der Waals surface area contributed by atoms with Gasteiger partial charge < -0.3 is 19.9 Å². The number of nitrogen functional groups attached to an aromatic ring is 1. The van der Waals surface area contributed by atoms with E-state index in [1.807, 2.05) is 0 Å². The summed E-state index contributed by atoms with van der Waals surface area (Å²) in [4.78, 5) is 0. The zero-order chi connectivity index (χ0) is 13.4. The molecule has 100 valence electrons. The van der Waals surface area contributed by atoms with E-state index in [9.17, 15) is 0 Å². The van der Waals surface area contributed by atoms with Gasteiger partial charge in [-0.05, 0) is 6.07 Å². The van der Waals surface area contributed by atoms with Crippen molar-refractivity contribution in [2.24, 2.45) is 0 Å². The maximum absolute atomic E-state index is 6.29. The number of ether oxygens (including phenoxy) is 3. The van der Waals surface area contributed by atoms with Crippen LogP contribution in [-0.4, -0.2) is 30.5 Å². The summed E-state index contributed by atoms with van der Waals surface area (Å²) in [7, 11) is 1.54. The van der Waals surface area contributed by atoms with Crippen molar-refractivity contribution in [3.8, 4) is 28.5 Å². The number of nitrogens with one attached hydrogen (secondary N) is 1. The normalized spacial score (nSPS) is 13.4. The third-order valence-corrected chi connectivity index (χ3v) is 3.17. The molecular weight excluding hydrogens is 270 g/mol. The van der Waals surface area contributed by atoms with E-state index in [1.54, 1.807) is 19.2 Å². The summed E-state index contributed by atoms with van der Waals surface area (Å²) in [5, 5.41) is 7.09. The third kappa shape index (κ3) is 1.94. The first-order chi connectivity index (χ1) is 9.20. The predicted molar refractivity (Wildman–Crippen MR) is 71.0 cm³/mol. The standard InChI is InChI=1S/C12H12ClN3O3/c1-17-11-6(7-5-9(14)16-15-7)4-8-12(10(11)13)19-3-2-18-8/h4-5H,2-3H2,1H3,(H3,14,15,16). The molecule has 19 heavy (non-hydrogen) atoms. The molecule has 7 heteroatoms. The zero-order valence-electron chi connectivity index (χ0n) is 10.2. The van der Waals surface area contributed by atoms with E-state index in [2.05, 4.69) is 10.2 Å². The Balaban J connectivity index is 2.21. The van der Waals surface area contributed by atoms with Gasteiger partial charge in [0.2, 0.25) is 0 Å². The van der Waals surface area contributed by atoms with E-state index in [0.717, 1.165) is 5.56 Å². The molecule has 0 bridgehead atoms. The van der Waals surface area contributed by atoms with Crippen LogP contribution in [0.3, 0.4) is 0 Å². The van der Waals surface area contributed by atoms with E-state index >= 15 is 0 Å². The highest BCUT2D eigenvalue weighted by molar-refractivity contribution is 6.34. The zero-order valence-corrected chi connectivity index (χ0v) is 11.0. The molecule has 1 aromatic heterocycles. The summed E-state index contributed by atoms with van der Waals surface area (Å²) in [6.45, 7) is 0.951. The minimum Gasteiger partial charge on any atom is -0.494 e. The Morgan fingerprint density at radius 1 is 1.37 bits per heavy atom. The van der Waals surface area contributed by atoms with Crippen LogP contribution in [0.5, 0.6) is 17.2 Å². The molecule has 3 N–H and O–H groups in total. The highest BCUT2D eigenvalue weighted by atomic mass is 35.5. The summed E-state index contributed by atoms with van der Waals surface area (Å²) in [5.41, 5.74) is 7.04. The minimum atomic E-state index is 0.378. The fourth-order valence-corrected chi connectivity index (χ4v) is 2.33. The molecule has 0 fully saturated rings. The van der Waals surface area contributed by atoms with Crippen molar-refractivity contribution in [2.45, 2.75) is 0 Å². The van der Waals surface area contributed by atoms with E-state index in [1.165, 1.54) is 0 Å². The number of hydrogen-bond donors (Lipinski definition) is 2. The quantitative estimate of drug-likeness (QED) is 0.881. The van der Waals surface area contributed by atoms with Gasteiger partial charge in [-0.15, -0.1) is 0 Å². The van der Waals surface area contributed by atoms with Gasteiger partial charge in [0, 0.05) is 11.6 Å². The van der Waals surface area contributed by atoms with Gasteiger partial charge in [-0.1, -0.05) is 11.6 Å². The van der Waals surface area contributed by atoms with Crippen molar-refractivity contribution in [3.63, 3.8) is 0 Å². The topological polar surface area (TPSA) is 82.4 Å². The van der Waals surface area contributed by atoms with E-state index in [-0.39, 0.29) is 0 Å². The number of nitrogens with zero attached hydrogens (tertiary/aromatic N) is 1. The summed E-state index contributed by atoms with van der Waals surface area (Å²) in [6, 6.07) is 3.50. The number of H-pyrrole nitrogens is 1. The Morgan fingerprint density at radius 2 is 2.16 bits per heavy atom. The lowest BCUT2D eigenvalue weighted by molar-refractivity contribution is 0.171. The molecule has 0 radical (unpaired) electrons. The van der Waals surface area contributed by atoms with Gasteiger partial charge in [0.1, 0.15) is 24.1 Å². The predicted octanol–water partition coefficient (Wildman–Crippen LogP) is 2.09. The van der Waals surface area contributed by atoms with Gasteiger partial charge in [0.15, 0.2) is 17.2 Å². The van der Waals surface area contributed by atoms with Crippen LogP contribution >= 0.6 is 11.6 Å². The van der Waals surface area contributed by atoms with Crippen molar-refractivity contribution in [1.29, 1.82) is 0 Å². The van der Waals surface area contributed by atoms with Gasteiger partial charge in [-0.3, -0.25) is 5.10 Å². The molecule has 6 nitrogen and oxygen atoms in total. The molecule has 3 rings (SSSR count). The molecule has 0 unspecified atom stereocenters. The van der Waals surface area contributed by atoms with Crippen molar-refractivity contribution >= 4 is 17.4 Å². The fourth-order valence-electron chi connectivity index (χ4n) is 2.00. The maximum Gasteiger partial charge on any atom is 0.183 e. The average Bonchev–Trinajstić information content (AvgIpc) is 2.85. The summed E-state index contributed by atoms with van der Waals surface area (Å²) >= 11 is 6.29. The lowest BCUT2D eigenvalue weighted by Crippen LogP contribution is -2.16. The number of rotatable bonds is 2. The Bertz CT molecular complexity index is 627. The number of methoxy groups -OCH3 is 1. The average molecular weight is 282 g/mol. The SMILES string of the molecule is COc1c(-c2cc(N)n[nH]2)cc2c(c1Cl)OCCO2. The first-order valence-corrected chi connectivity index (χ1v) is 6.06. The monoisotopic (exact) mass is 281 g/mol. The molecule has 2 aromatic rings. The molecule has 0 spiro atoms. The number of aromatic nitrogens is 2. The Morgan fingerprint density at radius 3 is 2.84 bits per heavy atom. The summed E-state index contributed by atoms with van der Waals surface area (Å²) in [6.07, 6.45) is 0. The number of fused-ring (bicyclic) bond motifs is 1. The Hall–Kier alpha value is -2.08.